The lowest BCUT2D eigenvalue weighted by Crippen LogP contribution is -2.42. The molecular weight excluding hydrogens is 186 g/mol. The van der Waals surface area contributed by atoms with Crippen LogP contribution < -0.4 is 0 Å². The third kappa shape index (κ3) is 1.82. The Hall–Kier alpha value is -0.790. The predicted molar refractivity (Wildman–Crippen MR) is 59.4 cm³/mol. The van der Waals surface area contributed by atoms with Crippen LogP contribution in [0, 0.1) is 5.92 Å². The van der Waals surface area contributed by atoms with Gasteiger partial charge in [0.1, 0.15) is 0 Å². The monoisotopic (exact) mass is 205 g/mol. The van der Waals surface area contributed by atoms with Gasteiger partial charge in [0, 0.05) is 19.0 Å². The summed E-state index contributed by atoms with van der Waals surface area (Å²) < 4.78 is 0. The first kappa shape index (κ1) is 9.44. The lowest BCUT2D eigenvalue weighted by molar-refractivity contribution is -0.138. The Morgan fingerprint density at radius 1 is 1.00 bits per heavy atom. The summed E-state index contributed by atoms with van der Waals surface area (Å²) in [6.45, 7) is 1.99. The number of hydrogen-bond acceptors (Lipinski definition) is 1. The Morgan fingerprint density at radius 3 is 2.07 bits per heavy atom. The van der Waals surface area contributed by atoms with Crippen LogP contribution in [0.5, 0.6) is 0 Å². The number of nitrogens with zero attached hydrogens (tertiary/aromatic N) is 1. The van der Waals surface area contributed by atoms with Crippen LogP contribution in [0.2, 0.25) is 0 Å². The fraction of sp³-hybridized carbons (Fsp3) is 0.769. The first-order valence-electron chi connectivity index (χ1n) is 6.33. The number of hydrogen-bond donors (Lipinski definition) is 0. The maximum atomic E-state index is 12.0. The zero-order chi connectivity index (χ0) is 10.3. The van der Waals surface area contributed by atoms with Gasteiger partial charge < -0.3 is 4.90 Å². The van der Waals surface area contributed by atoms with E-state index in [1.165, 1.54) is 19.3 Å². The minimum atomic E-state index is 0.389. The normalized spacial score (nSPS) is 26.5. The molecule has 1 heterocycles. The first-order valence-corrected chi connectivity index (χ1v) is 6.33. The molecule has 3 fully saturated rings. The second-order valence-electron chi connectivity index (χ2n) is 5.16. The molecule has 2 nitrogen and oxygen atoms in total. The maximum Gasteiger partial charge on any atom is 0.225 e. The number of allylic oxidation sites excluding steroid dienone is 1. The summed E-state index contributed by atoms with van der Waals surface area (Å²) in [6.07, 6.45) is 8.55. The zero-order valence-electron chi connectivity index (χ0n) is 9.30. The van der Waals surface area contributed by atoms with Crippen LogP contribution in [0.15, 0.2) is 11.1 Å². The zero-order valence-corrected chi connectivity index (χ0v) is 9.30. The molecule has 2 heteroatoms. The Morgan fingerprint density at radius 2 is 1.60 bits per heavy atom. The van der Waals surface area contributed by atoms with Crippen molar-refractivity contribution in [3.8, 4) is 0 Å². The number of rotatable bonds is 1. The molecule has 3 rings (SSSR count). The van der Waals surface area contributed by atoms with Gasteiger partial charge in [-0.25, -0.2) is 0 Å². The highest BCUT2D eigenvalue weighted by Crippen LogP contribution is 2.37. The van der Waals surface area contributed by atoms with Crippen LogP contribution in [-0.2, 0) is 4.79 Å². The van der Waals surface area contributed by atoms with Crippen LogP contribution in [0.4, 0.5) is 0 Å². The summed E-state index contributed by atoms with van der Waals surface area (Å²) in [6, 6.07) is 0. The number of carbonyl (C=O) groups excluding carboxylic acids is 1. The highest BCUT2D eigenvalue weighted by Gasteiger charge is 2.31. The molecule has 0 N–H and O–H groups in total. The van der Waals surface area contributed by atoms with Gasteiger partial charge in [0.25, 0.3) is 0 Å². The van der Waals surface area contributed by atoms with E-state index in [1.54, 1.807) is 11.1 Å². The molecule has 0 aromatic heterocycles. The van der Waals surface area contributed by atoms with Gasteiger partial charge in [-0.3, -0.25) is 4.79 Å². The molecule has 1 aliphatic heterocycles. The van der Waals surface area contributed by atoms with Crippen molar-refractivity contribution in [2.45, 2.75) is 44.9 Å². The Balaban J connectivity index is 1.56. The lowest BCUT2D eigenvalue weighted by Gasteiger charge is -2.34. The fourth-order valence-corrected chi connectivity index (χ4v) is 2.68. The second-order valence-corrected chi connectivity index (χ2v) is 5.16. The van der Waals surface area contributed by atoms with Crippen LogP contribution in [0.3, 0.4) is 0 Å². The van der Waals surface area contributed by atoms with Gasteiger partial charge in [0.2, 0.25) is 5.91 Å². The molecule has 3 aliphatic rings. The number of piperidine rings is 1. The van der Waals surface area contributed by atoms with E-state index >= 15 is 0 Å². The SMILES string of the molecule is O=C(C1CCC1)N1CCC(=C2CC2)CC1. The van der Waals surface area contributed by atoms with E-state index in [9.17, 15) is 4.79 Å². The van der Waals surface area contributed by atoms with Gasteiger partial charge in [0.05, 0.1) is 0 Å². The van der Waals surface area contributed by atoms with Gasteiger partial charge in [0.15, 0.2) is 0 Å². The molecule has 2 saturated carbocycles. The van der Waals surface area contributed by atoms with Crippen LogP contribution in [0.25, 0.3) is 0 Å². The Kier molecular flexibility index (Phi) is 2.30. The average molecular weight is 205 g/mol. The molecule has 0 bridgehead atoms. The molecule has 1 saturated heterocycles. The topological polar surface area (TPSA) is 20.3 Å². The van der Waals surface area contributed by atoms with E-state index in [2.05, 4.69) is 4.90 Å². The molecule has 0 atom stereocenters. The summed E-state index contributed by atoms with van der Waals surface area (Å²) >= 11 is 0. The molecule has 0 aromatic carbocycles. The lowest BCUT2D eigenvalue weighted by atomic mass is 9.84. The molecule has 0 unspecified atom stereocenters. The van der Waals surface area contributed by atoms with Crippen molar-refractivity contribution in [3.05, 3.63) is 11.1 Å². The van der Waals surface area contributed by atoms with Gasteiger partial charge >= 0.3 is 0 Å². The van der Waals surface area contributed by atoms with Crippen molar-refractivity contribution >= 4 is 5.91 Å². The smallest absolute Gasteiger partial charge is 0.225 e. The summed E-state index contributed by atoms with van der Waals surface area (Å²) in [4.78, 5) is 14.1. The van der Waals surface area contributed by atoms with E-state index in [0.29, 0.717) is 11.8 Å². The highest BCUT2D eigenvalue weighted by molar-refractivity contribution is 5.79. The van der Waals surface area contributed by atoms with Gasteiger partial charge in [-0.15, -0.1) is 0 Å². The third-order valence-corrected chi connectivity index (χ3v) is 4.13. The average Bonchev–Trinajstić information content (AvgIpc) is 2.98. The maximum absolute atomic E-state index is 12.0. The van der Waals surface area contributed by atoms with Crippen molar-refractivity contribution in [1.29, 1.82) is 0 Å². The van der Waals surface area contributed by atoms with Crippen LogP contribution in [-0.4, -0.2) is 23.9 Å². The van der Waals surface area contributed by atoms with Crippen LogP contribution in [0.1, 0.15) is 44.9 Å². The standard InChI is InChI=1S/C13H19NO/c15-13(12-2-1-3-12)14-8-6-11(7-9-14)10-4-5-10/h12H,1-9H2. The highest BCUT2D eigenvalue weighted by atomic mass is 16.2. The largest absolute Gasteiger partial charge is 0.342 e. The van der Waals surface area contributed by atoms with Crippen molar-refractivity contribution < 1.29 is 4.79 Å². The summed E-state index contributed by atoms with van der Waals surface area (Å²) in [7, 11) is 0. The van der Waals surface area contributed by atoms with E-state index in [-0.39, 0.29) is 0 Å². The fourth-order valence-electron chi connectivity index (χ4n) is 2.68. The summed E-state index contributed by atoms with van der Waals surface area (Å²) in [5.74, 6) is 0.834. The number of likely N-dealkylation sites (tertiary alicyclic amines) is 1. The molecular formula is C13H19NO. The predicted octanol–water partition coefficient (Wildman–Crippen LogP) is 2.50. The number of amides is 1. The first-order chi connectivity index (χ1) is 7.34. The molecule has 0 aromatic rings. The molecule has 15 heavy (non-hydrogen) atoms. The summed E-state index contributed by atoms with van der Waals surface area (Å²) in [5.41, 5.74) is 3.37. The Bertz CT molecular complexity index is 298. The van der Waals surface area contributed by atoms with E-state index in [1.807, 2.05) is 0 Å². The molecule has 2 aliphatic carbocycles. The quantitative estimate of drug-likeness (QED) is 0.602. The van der Waals surface area contributed by atoms with Crippen molar-refractivity contribution in [2.75, 3.05) is 13.1 Å². The van der Waals surface area contributed by atoms with Crippen molar-refractivity contribution in [1.82, 2.24) is 4.90 Å². The van der Waals surface area contributed by atoms with Crippen LogP contribution >= 0.6 is 0 Å². The Labute approximate surface area is 91.3 Å². The third-order valence-electron chi connectivity index (χ3n) is 4.13. The van der Waals surface area contributed by atoms with Crippen molar-refractivity contribution in [3.63, 3.8) is 0 Å². The van der Waals surface area contributed by atoms with Crippen molar-refractivity contribution in [2.24, 2.45) is 5.92 Å². The molecule has 1 amide bonds. The molecule has 0 radical (unpaired) electrons. The van der Waals surface area contributed by atoms with Gasteiger partial charge in [-0.2, -0.15) is 0 Å². The molecule has 82 valence electrons. The number of carbonyl (C=O) groups is 1. The summed E-state index contributed by atoms with van der Waals surface area (Å²) in [5, 5.41) is 0. The van der Waals surface area contributed by atoms with Gasteiger partial charge in [-0.05, 0) is 38.5 Å². The van der Waals surface area contributed by atoms with E-state index < -0.39 is 0 Å². The second kappa shape index (κ2) is 3.66. The van der Waals surface area contributed by atoms with E-state index in [0.717, 1.165) is 38.8 Å². The minimum Gasteiger partial charge on any atom is -0.342 e. The van der Waals surface area contributed by atoms with Gasteiger partial charge in [-0.1, -0.05) is 17.6 Å². The minimum absolute atomic E-state index is 0.389. The molecule has 0 spiro atoms. The van der Waals surface area contributed by atoms with E-state index in [4.69, 9.17) is 0 Å².